The number of aromatic nitrogens is 2. The molecule has 0 saturated heterocycles. The predicted octanol–water partition coefficient (Wildman–Crippen LogP) is 11.2. The van der Waals surface area contributed by atoms with Crippen LogP contribution in [0, 0.1) is 30.7 Å². The van der Waals surface area contributed by atoms with Gasteiger partial charge in [-0.05, 0) is 25.7 Å². The van der Waals surface area contributed by atoms with Crippen molar-refractivity contribution < 1.29 is 30.0 Å². The standard InChI is InChI=1S/C26H29GeN2.C15H28O2.Ir/c1-16(2)26-28-24(19-11-9-8-10-12-19)21-14-13-20-15-17(3)23(27(5,6)7)18(4)22(20)25(21)29-26;1-7-14(5,8-2)12(16)11-13(17)15(6,9-3)10-4;/h8-11,13-16H,1-7H3;11,16H,7-10H2,1-6H3;/q-1;;/b;12-11-;. The first-order valence-corrected chi connectivity index (χ1v) is 24.5. The van der Waals surface area contributed by atoms with E-state index in [-0.39, 0.29) is 48.4 Å². The number of fused-ring (bicyclic) bond motifs is 3. The Morgan fingerprint density at radius 1 is 0.936 bits per heavy atom. The van der Waals surface area contributed by atoms with Crippen molar-refractivity contribution in [3.63, 3.8) is 0 Å². The fourth-order valence-electron chi connectivity index (χ4n) is 6.31. The van der Waals surface area contributed by atoms with Gasteiger partial charge in [0.2, 0.25) is 0 Å². The molecule has 4 nitrogen and oxygen atoms in total. The molecule has 1 radical (unpaired) electrons. The molecule has 3 aromatic carbocycles. The number of carbonyl (C=O) groups excluding carboxylic acids is 1. The van der Waals surface area contributed by atoms with E-state index in [9.17, 15) is 9.90 Å². The second-order valence-corrected chi connectivity index (χ2v) is 25.3. The minimum atomic E-state index is -2.04. The monoisotopic (exact) mass is 876 g/mol. The summed E-state index contributed by atoms with van der Waals surface area (Å²) in [5, 5.41) is 13.8. The predicted molar refractivity (Wildman–Crippen MR) is 201 cm³/mol. The number of aryl methyl sites for hydroxylation is 2. The minimum Gasteiger partial charge on any atom is 0 e. The van der Waals surface area contributed by atoms with E-state index in [1.807, 2.05) is 53.7 Å². The number of ketones is 1. The van der Waals surface area contributed by atoms with E-state index in [1.165, 1.54) is 28.0 Å². The average Bonchev–Trinajstić information content (AvgIpc) is 3.02. The molecule has 0 amide bonds. The molecule has 0 unspecified atom stereocenters. The summed E-state index contributed by atoms with van der Waals surface area (Å²) in [5.74, 6) is 8.88. The van der Waals surface area contributed by atoms with Gasteiger partial charge in [-0.2, -0.15) is 0 Å². The largest absolute Gasteiger partial charge is 0 e. The second kappa shape index (κ2) is 16.4. The molecule has 257 valence electrons. The normalized spacial score (nSPS) is 12.6. The van der Waals surface area contributed by atoms with E-state index >= 15 is 0 Å². The molecule has 0 fully saturated rings. The van der Waals surface area contributed by atoms with Gasteiger partial charge in [0.05, 0.1) is 0 Å². The van der Waals surface area contributed by atoms with Crippen molar-refractivity contribution in [2.75, 3.05) is 0 Å². The molecule has 0 bridgehead atoms. The van der Waals surface area contributed by atoms with Crippen molar-refractivity contribution in [2.24, 2.45) is 10.8 Å². The molecule has 0 aliphatic carbocycles. The maximum Gasteiger partial charge on any atom is 0 e. The first kappa shape index (κ1) is 40.8. The number of hydrogen-bond acceptors (Lipinski definition) is 4. The van der Waals surface area contributed by atoms with Crippen molar-refractivity contribution in [1.82, 2.24) is 9.97 Å². The molecule has 4 aromatic rings. The van der Waals surface area contributed by atoms with Gasteiger partial charge in [-0.1, -0.05) is 41.5 Å². The number of benzene rings is 3. The second-order valence-electron chi connectivity index (χ2n) is 14.8. The Kier molecular flexibility index (Phi) is 14.2. The fourth-order valence-corrected chi connectivity index (χ4v) is 11.6. The van der Waals surface area contributed by atoms with Crippen LogP contribution < -0.4 is 4.40 Å². The Morgan fingerprint density at radius 2 is 1.53 bits per heavy atom. The summed E-state index contributed by atoms with van der Waals surface area (Å²) in [4.78, 5) is 22.2. The average molecular weight is 875 g/mol. The summed E-state index contributed by atoms with van der Waals surface area (Å²) in [7, 11) is 0. The van der Waals surface area contributed by atoms with Gasteiger partial charge in [-0.15, -0.1) is 0 Å². The van der Waals surface area contributed by atoms with Crippen molar-refractivity contribution in [3.05, 3.63) is 77.3 Å². The first-order chi connectivity index (χ1) is 21.5. The van der Waals surface area contributed by atoms with Gasteiger partial charge in [0, 0.05) is 37.0 Å². The molecule has 0 saturated carbocycles. The summed E-state index contributed by atoms with van der Waals surface area (Å²) in [6, 6.07) is 18.3. The van der Waals surface area contributed by atoms with Gasteiger partial charge in [-0.3, -0.25) is 4.79 Å². The molecule has 6 heteroatoms. The molecular weight excluding hydrogens is 817 g/mol. The van der Waals surface area contributed by atoms with Gasteiger partial charge >= 0.3 is 177 Å². The number of carbonyl (C=O) groups is 1. The molecule has 0 aliphatic heterocycles. The Bertz CT molecular complexity index is 1710. The molecule has 1 N–H and O–H groups in total. The van der Waals surface area contributed by atoms with Crippen molar-refractivity contribution in [1.29, 1.82) is 0 Å². The van der Waals surface area contributed by atoms with E-state index < -0.39 is 13.3 Å². The van der Waals surface area contributed by atoms with E-state index in [0.29, 0.717) is 0 Å². The zero-order valence-corrected chi connectivity index (χ0v) is 35.6. The Morgan fingerprint density at radius 3 is 2.02 bits per heavy atom. The summed E-state index contributed by atoms with van der Waals surface area (Å²) in [6.07, 6.45) is 4.75. The fraction of sp³-hybridized carbons (Fsp3) is 0.488. The third-order valence-corrected chi connectivity index (χ3v) is 15.0. The van der Waals surface area contributed by atoms with Gasteiger partial charge in [0.15, 0.2) is 5.78 Å². The van der Waals surface area contributed by atoms with Crippen LogP contribution in [0.3, 0.4) is 0 Å². The van der Waals surface area contributed by atoms with Crippen molar-refractivity contribution >= 4 is 45.1 Å². The van der Waals surface area contributed by atoms with E-state index in [2.05, 4.69) is 81.4 Å². The number of aliphatic hydroxyl groups excluding tert-OH is 1. The van der Waals surface area contributed by atoms with Crippen LogP contribution in [-0.4, -0.2) is 34.1 Å². The number of allylic oxidation sites excluding steroid dienone is 2. The van der Waals surface area contributed by atoms with Gasteiger partial charge < -0.3 is 5.11 Å². The number of hydrogen-bond donors (Lipinski definition) is 1. The molecule has 1 aromatic heterocycles. The maximum absolute atomic E-state index is 12.2. The van der Waals surface area contributed by atoms with Crippen LogP contribution in [0.5, 0.6) is 0 Å². The van der Waals surface area contributed by atoms with Crippen LogP contribution in [0.25, 0.3) is 32.9 Å². The van der Waals surface area contributed by atoms with Gasteiger partial charge in [-0.25, -0.2) is 0 Å². The molecule has 47 heavy (non-hydrogen) atoms. The molecule has 1 heterocycles. The summed E-state index contributed by atoms with van der Waals surface area (Å²) < 4.78 is 1.60. The topological polar surface area (TPSA) is 63.1 Å². The van der Waals surface area contributed by atoms with Crippen LogP contribution in [0.2, 0.25) is 17.3 Å². The molecule has 0 atom stereocenters. The Hall–Kier alpha value is -2.34. The number of nitrogens with zero attached hydrogens (tertiary/aromatic N) is 2. The van der Waals surface area contributed by atoms with Crippen molar-refractivity contribution in [3.8, 4) is 11.3 Å². The smallest absolute Gasteiger partial charge is 0 e. The van der Waals surface area contributed by atoms with Crippen molar-refractivity contribution in [2.45, 2.75) is 118 Å². The van der Waals surface area contributed by atoms with E-state index in [4.69, 9.17) is 9.97 Å². The summed E-state index contributed by atoms with van der Waals surface area (Å²) in [5.41, 5.74) is 5.33. The third-order valence-electron chi connectivity index (χ3n) is 10.3. The SMILES string of the molecule is CCC(C)(CC)C(=O)/C=C(\O)C(C)(CC)CC.Cc1cc2ccc3c(-c4[c-]cccc4)nc(C(C)C)nc3c2c(C)[c]1[Ge]([CH3])([CH3])[CH3].[Ir]. The molecule has 4 rings (SSSR count). The van der Waals surface area contributed by atoms with Crippen LogP contribution >= 0.6 is 0 Å². The van der Waals surface area contributed by atoms with E-state index in [0.717, 1.165) is 53.7 Å². The van der Waals surface area contributed by atoms with E-state index in [1.54, 1.807) is 4.40 Å². The minimum absolute atomic E-state index is 0. The summed E-state index contributed by atoms with van der Waals surface area (Å²) >= 11 is -2.04. The number of rotatable bonds is 10. The molecule has 0 spiro atoms. The van der Waals surface area contributed by atoms with Crippen LogP contribution in [0.15, 0.2) is 54.3 Å². The third kappa shape index (κ3) is 8.83. The first-order valence-electron chi connectivity index (χ1n) is 17.2. The quantitative estimate of drug-likeness (QED) is 0.0567. The Balaban J connectivity index is 0.000000370. The summed E-state index contributed by atoms with van der Waals surface area (Å²) in [6.45, 7) is 21.0. The molecule has 0 aliphatic rings. The Labute approximate surface area is 301 Å². The zero-order chi connectivity index (χ0) is 34.6. The van der Waals surface area contributed by atoms with Crippen LogP contribution in [0.1, 0.15) is 104 Å². The van der Waals surface area contributed by atoms with Gasteiger partial charge in [0.1, 0.15) is 5.76 Å². The maximum atomic E-state index is 12.2. The van der Waals surface area contributed by atoms with Gasteiger partial charge in [0.25, 0.3) is 0 Å². The van der Waals surface area contributed by atoms with Crippen LogP contribution in [-0.2, 0) is 24.9 Å². The number of aliphatic hydroxyl groups is 1. The van der Waals surface area contributed by atoms with Crippen LogP contribution in [0.4, 0.5) is 0 Å². The molecular formula is C41H57GeIrN2O2-. The zero-order valence-electron chi connectivity index (χ0n) is 31.1.